The average Bonchev–Trinajstić information content (AvgIpc) is 2.47. The van der Waals surface area contributed by atoms with E-state index in [-0.39, 0.29) is 0 Å². The summed E-state index contributed by atoms with van der Waals surface area (Å²) in [5, 5.41) is 2.97. The van der Waals surface area contributed by atoms with Crippen molar-refractivity contribution in [1.82, 2.24) is 4.98 Å². The Morgan fingerprint density at radius 2 is 2.05 bits per heavy atom. The van der Waals surface area contributed by atoms with Crippen LogP contribution in [-0.2, 0) is 6.54 Å². The fourth-order valence-corrected chi connectivity index (χ4v) is 1.52. The van der Waals surface area contributed by atoms with Gasteiger partial charge in [-0.1, -0.05) is 30.3 Å². The number of rotatable bonds is 4. The molecule has 2 rings (SSSR count). The molecule has 0 bridgehead atoms. The van der Waals surface area contributed by atoms with Gasteiger partial charge in [0.05, 0.1) is 25.5 Å². The van der Waals surface area contributed by atoms with Crippen LogP contribution in [0.2, 0.25) is 0 Å². The largest absolute Gasteiger partial charge is 0.481 e. The van der Waals surface area contributed by atoms with Crippen molar-refractivity contribution in [2.75, 3.05) is 12.4 Å². The molecular formula is C14H16N4O. The van der Waals surface area contributed by atoms with Crippen LogP contribution in [0.5, 0.6) is 5.88 Å². The molecule has 1 aromatic carbocycles. The van der Waals surface area contributed by atoms with Crippen molar-refractivity contribution >= 4 is 11.6 Å². The molecule has 0 atom stereocenters. The van der Waals surface area contributed by atoms with E-state index in [2.05, 4.69) is 15.3 Å². The maximum Gasteiger partial charge on any atom is 0.213 e. The van der Waals surface area contributed by atoms with E-state index < -0.39 is 0 Å². The fourth-order valence-electron chi connectivity index (χ4n) is 1.52. The monoisotopic (exact) mass is 256 g/mol. The highest BCUT2D eigenvalue weighted by Gasteiger charge is 1.97. The molecule has 0 aliphatic rings. The molecule has 3 N–H and O–H groups in total. The molecule has 5 heteroatoms. The van der Waals surface area contributed by atoms with Gasteiger partial charge in [-0.25, -0.2) is 9.98 Å². The van der Waals surface area contributed by atoms with Crippen molar-refractivity contribution in [3.8, 4) is 5.88 Å². The summed E-state index contributed by atoms with van der Waals surface area (Å²) in [6, 6.07) is 13.5. The summed E-state index contributed by atoms with van der Waals surface area (Å²) in [5.41, 5.74) is 7.69. The summed E-state index contributed by atoms with van der Waals surface area (Å²) in [7, 11) is 1.57. The van der Waals surface area contributed by atoms with E-state index in [9.17, 15) is 0 Å². The number of nitrogens with one attached hydrogen (secondary N) is 1. The van der Waals surface area contributed by atoms with E-state index in [1.165, 1.54) is 0 Å². The number of nitrogens with two attached hydrogens (primary N) is 1. The number of benzene rings is 1. The molecule has 5 nitrogen and oxygen atoms in total. The first-order valence-corrected chi connectivity index (χ1v) is 5.89. The van der Waals surface area contributed by atoms with E-state index in [1.54, 1.807) is 19.4 Å². The highest BCUT2D eigenvalue weighted by Crippen LogP contribution is 2.10. The summed E-state index contributed by atoms with van der Waals surface area (Å²) in [6.07, 6.45) is 1.64. The van der Waals surface area contributed by atoms with Crippen LogP contribution in [0.3, 0.4) is 0 Å². The standard InChI is InChI=1S/C14H16N4O/c1-19-13-8-7-12(10-16-13)18-14(15)17-9-11-5-3-2-4-6-11/h2-8,10H,9H2,1H3,(H3,15,17,18). The maximum absolute atomic E-state index is 5.80. The number of anilines is 1. The highest BCUT2D eigenvalue weighted by atomic mass is 16.5. The topological polar surface area (TPSA) is 72.5 Å². The van der Waals surface area contributed by atoms with Crippen LogP contribution in [0, 0.1) is 0 Å². The van der Waals surface area contributed by atoms with Crippen molar-refractivity contribution < 1.29 is 4.74 Å². The van der Waals surface area contributed by atoms with Gasteiger partial charge in [0, 0.05) is 6.07 Å². The van der Waals surface area contributed by atoms with Crippen LogP contribution in [0.15, 0.2) is 53.7 Å². The number of ether oxygens (including phenoxy) is 1. The Bertz CT molecular complexity index is 537. The molecule has 0 aliphatic carbocycles. The summed E-state index contributed by atoms with van der Waals surface area (Å²) in [5.74, 6) is 0.918. The molecule has 0 aliphatic heterocycles. The number of aromatic nitrogens is 1. The Morgan fingerprint density at radius 3 is 2.68 bits per heavy atom. The summed E-state index contributed by atoms with van der Waals surface area (Å²) in [6.45, 7) is 0.545. The third-order valence-corrected chi connectivity index (χ3v) is 2.49. The molecule has 0 saturated heterocycles. The Kier molecular flexibility index (Phi) is 4.34. The molecule has 0 spiro atoms. The first-order chi connectivity index (χ1) is 9.28. The number of hydrogen-bond acceptors (Lipinski definition) is 3. The van der Waals surface area contributed by atoms with Crippen molar-refractivity contribution in [3.63, 3.8) is 0 Å². The third kappa shape index (κ3) is 3.99. The normalized spacial score (nSPS) is 11.1. The lowest BCUT2D eigenvalue weighted by Crippen LogP contribution is -2.22. The van der Waals surface area contributed by atoms with Crippen molar-refractivity contribution in [2.24, 2.45) is 10.7 Å². The first-order valence-electron chi connectivity index (χ1n) is 5.89. The lowest BCUT2D eigenvalue weighted by atomic mass is 10.2. The SMILES string of the molecule is COc1ccc(NC(N)=NCc2ccccc2)cn1. The third-order valence-electron chi connectivity index (χ3n) is 2.49. The molecular weight excluding hydrogens is 240 g/mol. The van der Waals surface area contributed by atoms with Crippen LogP contribution in [0.1, 0.15) is 5.56 Å². The van der Waals surface area contributed by atoms with Crippen LogP contribution >= 0.6 is 0 Å². The molecule has 0 amide bonds. The minimum absolute atomic E-state index is 0.357. The van der Waals surface area contributed by atoms with Crippen LogP contribution in [0.4, 0.5) is 5.69 Å². The molecule has 2 aromatic rings. The minimum atomic E-state index is 0.357. The van der Waals surface area contributed by atoms with Gasteiger partial charge in [0.15, 0.2) is 5.96 Å². The lowest BCUT2D eigenvalue weighted by molar-refractivity contribution is 0.398. The summed E-state index contributed by atoms with van der Waals surface area (Å²) in [4.78, 5) is 8.33. The van der Waals surface area contributed by atoms with Gasteiger partial charge >= 0.3 is 0 Å². The Balaban J connectivity index is 1.94. The zero-order valence-electron chi connectivity index (χ0n) is 10.7. The zero-order chi connectivity index (χ0) is 13.5. The molecule has 98 valence electrons. The summed E-state index contributed by atoms with van der Waals surface area (Å²) < 4.78 is 4.98. The highest BCUT2D eigenvalue weighted by molar-refractivity contribution is 5.92. The molecule has 0 saturated carbocycles. The average molecular weight is 256 g/mol. The second kappa shape index (κ2) is 6.39. The van der Waals surface area contributed by atoms with Gasteiger partial charge in [-0.05, 0) is 11.6 Å². The van der Waals surface area contributed by atoms with Gasteiger partial charge in [0.25, 0.3) is 0 Å². The van der Waals surface area contributed by atoms with Gasteiger partial charge < -0.3 is 15.8 Å². The first kappa shape index (κ1) is 12.9. The molecule has 0 fully saturated rings. The lowest BCUT2D eigenvalue weighted by Gasteiger charge is -2.06. The molecule has 19 heavy (non-hydrogen) atoms. The van der Waals surface area contributed by atoms with Gasteiger partial charge in [-0.15, -0.1) is 0 Å². The number of methoxy groups -OCH3 is 1. The molecule has 1 heterocycles. The number of nitrogens with zero attached hydrogens (tertiary/aromatic N) is 2. The number of aliphatic imine (C=N–C) groups is 1. The number of pyridine rings is 1. The van der Waals surface area contributed by atoms with Crippen LogP contribution in [0.25, 0.3) is 0 Å². The van der Waals surface area contributed by atoms with Crippen molar-refractivity contribution in [2.45, 2.75) is 6.54 Å². The van der Waals surface area contributed by atoms with Gasteiger partial charge in [-0.2, -0.15) is 0 Å². The Morgan fingerprint density at radius 1 is 1.26 bits per heavy atom. The predicted octanol–water partition coefficient (Wildman–Crippen LogP) is 2.02. The number of guanidine groups is 1. The Labute approximate surface area is 112 Å². The minimum Gasteiger partial charge on any atom is -0.481 e. The van der Waals surface area contributed by atoms with E-state index in [0.29, 0.717) is 18.4 Å². The number of hydrogen-bond donors (Lipinski definition) is 2. The second-order valence-electron chi connectivity index (χ2n) is 3.90. The van der Waals surface area contributed by atoms with Gasteiger partial charge in [-0.3, -0.25) is 0 Å². The molecule has 0 unspecified atom stereocenters. The van der Waals surface area contributed by atoms with E-state index >= 15 is 0 Å². The van der Waals surface area contributed by atoms with Crippen LogP contribution < -0.4 is 15.8 Å². The zero-order valence-corrected chi connectivity index (χ0v) is 10.7. The summed E-state index contributed by atoms with van der Waals surface area (Å²) >= 11 is 0. The van der Waals surface area contributed by atoms with E-state index in [0.717, 1.165) is 11.3 Å². The van der Waals surface area contributed by atoms with Gasteiger partial charge in [0.1, 0.15) is 0 Å². The van der Waals surface area contributed by atoms with Crippen molar-refractivity contribution in [1.29, 1.82) is 0 Å². The quantitative estimate of drug-likeness (QED) is 0.648. The molecule has 1 aromatic heterocycles. The fraction of sp³-hybridized carbons (Fsp3) is 0.143. The van der Waals surface area contributed by atoms with Crippen molar-refractivity contribution in [3.05, 3.63) is 54.2 Å². The predicted molar refractivity (Wildman–Crippen MR) is 76.2 cm³/mol. The second-order valence-corrected chi connectivity index (χ2v) is 3.90. The maximum atomic E-state index is 5.80. The van der Waals surface area contributed by atoms with Gasteiger partial charge in [0.2, 0.25) is 5.88 Å². The van der Waals surface area contributed by atoms with Crippen LogP contribution in [-0.4, -0.2) is 18.1 Å². The van der Waals surface area contributed by atoms with E-state index in [1.807, 2.05) is 36.4 Å². The molecule has 0 radical (unpaired) electrons. The smallest absolute Gasteiger partial charge is 0.213 e. The van der Waals surface area contributed by atoms with E-state index in [4.69, 9.17) is 10.5 Å². The Hall–Kier alpha value is -2.56.